The van der Waals surface area contributed by atoms with Gasteiger partial charge < -0.3 is 10.1 Å². The van der Waals surface area contributed by atoms with Crippen molar-refractivity contribution in [1.29, 1.82) is 0 Å². The molecule has 1 saturated carbocycles. The molecule has 1 heterocycles. The standard InChI is InChI=1S/C10H14N2O2/c1-5(2)7-9(13)11-8(6-3-4-6)12-10(7)14/h5-6H,3-4H2,1-2H3,(H2,11,12,13,14). The Balaban J connectivity index is 2.49. The first kappa shape index (κ1) is 9.24. The summed E-state index contributed by atoms with van der Waals surface area (Å²) in [4.78, 5) is 18.3. The van der Waals surface area contributed by atoms with Crippen molar-refractivity contribution in [2.45, 2.75) is 38.5 Å². The van der Waals surface area contributed by atoms with E-state index in [1.165, 1.54) is 0 Å². The number of hydrogen-bond donors (Lipinski definition) is 2. The maximum Gasteiger partial charge on any atom is 0.258 e. The lowest BCUT2D eigenvalue weighted by Gasteiger charge is -2.07. The fourth-order valence-electron chi connectivity index (χ4n) is 1.56. The van der Waals surface area contributed by atoms with Crippen LogP contribution in [0.25, 0.3) is 0 Å². The first-order valence-corrected chi connectivity index (χ1v) is 4.92. The predicted molar refractivity (Wildman–Crippen MR) is 52.6 cm³/mol. The van der Waals surface area contributed by atoms with Crippen LogP contribution in [-0.2, 0) is 0 Å². The largest absolute Gasteiger partial charge is 0.493 e. The zero-order chi connectivity index (χ0) is 10.3. The van der Waals surface area contributed by atoms with Crippen molar-refractivity contribution in [3.63, 3.8) is 0 Å². The van der Waals surface area contributed by atoms with Gasteiger partial charge in [0.1, 0.15) is 5.82 Å². The van der Waals surface area contributed by atoms with Gasteiger partial charge in [-0.3, -0.25) is 4.79 Å². The Morgan fingerprint density at radius 1 is 1.50 bits per heavy atom. The minimum Gasteiger partial charge on any atom is -0.493 e. The van der Waals surface area contributed by atoms with Crippen LogP contribution >= 0.6 is 0 Å². The van der Waals surface area contributed by atoms with Crippen LogP contribution < -0.4 is 5.56 Å². The monoisotopic (exact) mass is 194 g/mol. The zero-order valence-corrected chi connectivity index (χ0v) is 8.37. The van der Waals surface area contributed by atoms with Crippen LogP contribution in [0.4, 0.5) is 0 Å². The summed E-state index contributed by atoms with van der Waals surface area (Å²) in [6.07, 6.45) is 2.12. The first-order valence-electron chi connectivity index (χ1n) is 4.92. The van der Waals surface area contributed by atoms with Crippen molar-refractivity contribution in [3.05, 3.63) is 21.7 Å². The molecule has 4 nitrogen and oxygen atoms in total. The van der Waals surface area contributed by atoms with Crippen molar-refractivity contribution in [2.24, 2.45) is 0 Å². The Labute approximate surface area is 82.0 Å². The molecule has 1 fully saturated rings. The second kappa shape index (κ2) is 3.12. The molecule has 0 radical (unpaired) electrons. The van der Waals surface area contributed by atoms with Gasteiger partial charge >= 0.3 is 0 Å². The molecule has 0 saturated heterocycles. The quantitative estimate of drug-likeness (QED) is 0.749. The summed E-state index contributed by atoms with van der Waals surface area (Å²) in [5.74, 6) is 0.886. The van der Waals surface area contributed by atoms with Crippen LogP contribution in [0.2, 0.25) is 0 Å². The third-order valence-corrected chi connectivity index (χ3v) is 2.49. The average Bonchev–Trinajstić information content (AvgIpc) is 2.83. The van der Waals surface area contributed by atoms with Crippen LogP contribution in [0.3, 0.4) is 0 Å². The molecule has 0 amide bonds. The highest BCUT2D eigenvalue weighted by Crippen LogP contribution is 2.38. The molecule has 0 unspecified atom stereocenters. The third-order valence-electron chi connectivity index (χ3n) is 2.49. The van der Waals surface area contributed by atoms with Gasteiger partial charge in [-0.25, -0.2) is 0 Å². The second-order valence-corrected chi connectivity index (χ2v) is 4.12. The van der Waals surface area contributed by atoms with Gasteiger partial charge in [0.25, 0.3) is 5.56 Å². The number of nitrogens with one attached hydrogen (secondary N) is 1. The summed E-state index contributed by atoms with van der Waals surface area (Å²) in [5, 5.41) is 9.59. The van der Waals surface area contributed by atoms with Crippen LogP contribution in [0.15, 0.2) is 4.79 Å². The Morgan fingerprint density at radius 3 is 2.57 bits per heavy atom. The highest BCUT2D eigenvalue weighted by atomic mass is 16.3. The summed E-state index contributed by atoms with van der Waals surface area (Å²) in [7, 11) is 0. The molecule has 0 aliphatic heterocycles. The van der Waals surface area contributed by atoms with E-state index in [9.17, 15) is 9.90 Å². The lowest BCUT2D eigenvalue weighted by Crippen LogP contribution is -2.17. The number of aromatic hydroxyl groups is 1. The number of H-pyrrole nitrogens is 1. The molecule has 2 N–H and O–H groups in total. The highest BCUT2D eigenvalue weighted by molar-refractivity contribution is 5.27. The SMILES string of the molecule is CC(C)c1c(O)nc(C2CC2)[nH]c1=O. The van der Waals surface area contributed by atoms with Gasteiger partial charge in [-0.15, -0.1) is 0 Å². The van der Waals surface area contributed by atoms with Crippen molar-refractivity contribution in [3.8, 4) is 5.88 Å². The van der Waals surface area contributed by atoms with Crippen molar-refractivity contribution in [1.82, 2.24) is 9.97 Å². The van der Waals surface area contributed by atoms with Gasteiger partial charge in [0.05, 0.1) is 5.56 Å². The van der Waals surface area contributed by atoms with E-state index < -0.39 is 0 Å². The lowest BCUT2D eigenvalue weighted by atomic mass is 10.1. The Morgan fingerprint density at radius 2 is 2.14 bits per heavy atom. The molecule has 14 heavy (non-hydrogen) atoms. The molecule has 1 aliphatic carbocycles. The molecule has 76 valence electrons. The van der Waals surface area contributed by atoms with Gasteiger partial charge in [-0.2, -0.15) is 4.98 Å². The van der Waals surface area contributed by atoms with Crippen LogP contribution in [0.5, 0.6) is 5.88 Å². The van der Waals surface area contributed by atoms with E-state index in [1.54, 1.807) is 0 Å². The topological polar surface area (TPSA) is 66.0 Å². The average molecular weight is 194 g/mol. The molecular weight excluding hydrogens is 180 g/mol. The summed E-state index contributed by atoms with van der Waals surface area (Å²) >= 11 is 0. The normalized spacial score (nSPS) is 16.2. The molecule has 0 spiro atoms. The van der Waals surface area contributed by atoms with Gasteiger partial charge in [0.15, 0.2) is 0 Å². The van der Waals surface area contributed by atoms with Gasteiger partial charge in [0.2, 0.25) is 5.88 Å². The van der Waals surface area contributed by atoms with E-state index in [1.807, 2.05) is 13.8 Å². The number of aromatic nitrogens is 2. The Bertz CT molecular complexity index is 405. The van der Waals surface area contributed by atoms with Gasteiger partial charge in [-0.1, -0.05) is 13.8 Å². The third kappa shape index (κ3) is 1.52. The fourth-order valence-corrected chi connectivity index (χ4v) is 1.56. The molecule has 1 aromatic rings. The van der Waals surface area contributed by atoms with Crippen LogP contribution in [0, 0.1) is 0 Å². The Hall–Kier alpha value is -1.32. The molecule has 4 heteroatoms. The second-order valence-electron chi connectivity index (χ2n) is 4.12. The van der Waals surface area contributed by atoms with Crippen LogP contribution in [0.1, 0.15) is 49.9 Å². The number of rotatable bonds is 2. The van der Waals surface area contributed by atoms with E-state index in [2.05, 4.69) is 9.97 Å². The van der Waals surface area contributed by atoms with Gasteiger partial charge in [0, 0.05) is 5.92 Å². The summed E-state index contributed by atoms with van der Waals surface area (Å²) in [5.41, 5.74) is 0.184. The lowest BCUT2D eigenvalue weighted by molar-refractivity contribution is 0.435. The summed E-state index contributed by atoms with van der Waals surface area (Å²) < 4.78 is 0. The van der Waals surface area contributed by atoms with E-state index in [-0.39, 0.29) is 17.4 Å². The molecule has 0 bridgehead atoms. The minimum absolute atomic E-state index is 0.000460. The zero-order valence-electron chi connectivity index (χ0n) is 8.37. The molecule has 1 aromatic heterocycles. The Kier molecular flexibility index (Phi) is 2.06. The minimum atomic E-state index is -0.200. The number of hydrogen-bond acceptors (Lipinski definition) is 3. The smallest absolute Gasteiger partial charge is 0.258 e. The fraction of sp³-hybridized carbons (Fsp3) is 0.600. The maximum atomic E-state index is 11.6. The van der Waals surface area contributed by atoms with Crippen molar-refractivity contribution >= 4 is 0 Å². The van der Waals surface area contributed by atoms with E-state index in [0.717, 1.165) is 12.8 Å². The van der Waals surface area contributed by atoms with Crippen LogP contribution in [-0.4, -0.2) is 15.1 Å². The van der Waals surface area contributed by atoms with Crippen molar-refractivity contribution in [2.75, 3.05) is 0 Å². The van der Waals surface area contributed by atoms with E-state index in [4.69, 9.17) is 0 Å². The van der Waals surface area contributed by atoms with E-state index >= 15 is 0 Å². The molecule has 0 atom stereocenters. The highest BCUT2D eigenvalue weighted by Gasteiger charge is 2.27. The number of nitrogens with zero attached hydrogens (tertiary/aromatic N) is 1. The molecular formula is C10H14N2O2. The molecule has 1 aliphatic rings. The predicted octanol–water partition coefficient (Wildman–Crippen LogP) is 1.48. The summed E-state index contributed by atoms with van der Waals surface area (Å²) in [6.45, 7) is 3.73. The van der Waals surface area contributed by atoms with Gasteiger partial charge in [-0.05, 0) is 18.8 Å². The molecule has 0 aromatic carbocycles. The number of aromatic amines is 1. The first-order chi connectivity index (χ1) is 6.59. The van der Waals surface area contributed by atoms with E-state index in [0.29, 0.717) is 17.3 Å². The summed E-state index contributed by atoms with van der Waals surface area (Å²) in [6, 6.07) is 0. The maximum absolute atomic E-state index is 11.6. The van der Waals surface area contributed by atoms with Crippen molar-refractivity contribution < 1.29 is 5.11 Å². The molecule has 2 rings (SSSR count).